The number of H-pyrrole nitrogens is 1. The van der Waals surface area contributed by atoms with Gasteiger partial charge in [-0.1, -0.05) is 48.4 Å². The van der Waals surface area contributed by atoms with Crippen molar-refractivity contribution in [3.63, 3.8) is 0 Å². The quantitative estimate of drug-likeness (QED) is 0.266. The van der Waals surface area contributed by atoms with Crippen LogP contribution in [-0.2, 0) is 12.0 Å². The fourth-order valence-corrected chi connectivity index (χ4v) is 5.47. The molecule has 0 bridgehead atoms. The first-order chi connectivity index (χ1) is 19.0. The lowest BCUT2D eigenvalue weighted by molar-refractivity contribution is 0.161. The van der Waals surface area contributed by atoms with Crippen molar-refractivity contribution in [3.8, 4) is 11.5 Å². The predicted molar refractivity (Wildman–Crippen MR) is 151 cm³/mol. The molecule has 1 fully saturated rings. The number of hydrogen-bond acceptors (Lipinski definition) is 6. The molecule has 1 atom stereocenters. The molecular weight excluding hydrogens is 492 g/mol. The Hall–Kier alpha value is -3.62. The molecular formula is C30H42N6O3. The number of benzene rings is 2. The van der Waals surface area contributed by atoms with Crippen molar-refractivity contribution in [2.24, 2.45) is 0 Å². The Labute approximate surface area is 231 Å². The van der Waals surface area contributed by atoms with Crippen molar-refractivity contribution in [2.45, 2.75) is 84.2 Å². The van der Waals surface area contributed by atoms with Crippen LogP contribution in [0.5, 0.6) is 11.5 Å². The molecule has 0 saturated heterocycles. The summed E-state index contributed by atoms with van der Waals surface area (Å²) in [6.07, 6.45) is 6.45. The Kier molecular flexibility index (Phi) is 9.79. The molecule has 9 heteroatoms. The maximum absolute atomic E-state index is 14.0. The smallest absolute Gasteiger partial charge is 0.318 e. The second-order valence-corrected chi connectivity index (χ2v) is 10.3. The number of carbonyl (C=O) groups excluding carboxylic acids is 1. The lowest BCUT2D eigenvalue weighted by Crippen LogP contribution is -2.51. The summed E-state index contributed by atoms with van der Waals surface area (Å²) in [7, 11) is 0. The van der Waals surface area contributed by atoms with E-state index in [1.54, 1.807) is 0 Å². The average Bonchev–Trinajstić information content (AvgIpc) is 3.65. The summed E-state index contributed by atoms with van der Waals surface area (Å²) in [5.41, 5.74) is 2.65. The van der Waals surface area contributed by atoms with Gasteiger partial charge in [0.1, 0.15) is 17.0 Å². The van der Waals surface area contributed by atoms with E-state index in [4.69, 9.17) is 9.47 Å². The van der Waals surface area contributed by atoms with Crippen LogP contribution in [0.15, 0.2) is 42.5 Å². The first-order valence-electron chi connectivity index (χ1n) is 14.2. The summed E-state index contributed by atoms with van der Waals surface area (Å²) in [6, 6.07) is 14.2. The second-order valence-electron chi connectivity index (χ2n) is 10.3. The summed E-state index contributed by atoms with van der Waals surface area (Å²) in [6.45, 7) is 9.75. The molecule has 3 aromatic rings. The van der Waals surface area contributed by atoms with E-state index in [1.165, 1.54) is 5.56 Å². The maximum Gasteiger partial charge on any atom is 0.318 e. The van der Waals surface area contributed by atoms with Gasteiger partial charge in [-0.25, -0.2) is 4.79 Å². The molecule has 2 amide bonds. The minimum absolute atomic E-state index is 0.120. The van der Waals surface area contributed by atoms with Gasteiger partial charge in [0.25, 0.3) is 0 Å². The number of tetrazole rings is 1. The lowest BCUT2D eigenvalue weighted by atomic mass is 9.96. The van der Waals surface area contributed by atoms with E-state index in [-0.39, 0.29) is 12.1 Å². The number of hydrogen-bond donors (Lipinski definition) is 2. The van der Waals surface area contributed by atoms with Gasteiger partial charge in [0, 0.05) is 12.1 Å². The van der Waals surface area contributed by atoms with E-state index in [0.717, 1.165) is 67.6 Å². The number of aryl methyl sites for hydroxylation is 1. The zero-order chi connectivity index (χ0) is 27.7. The highest BCUT2D eigenvalue weighted by Gasteiger charge is 2.42. The van der Waals surface area contributed by atoms with Gasteiger partial charge in [-0.05, 0) is 83.1 Å². The monoisotopic (exact) mass is 534 g/mol. The van der Waals surface area contributed by atoms with Crippen LogP contribution in [0.25, 0.3) is 0 Å². The highest BCUT2D eigenvalue weighted by molar-refractivity contribution is 5.76. The van der Waals surface area contributed by atoms with Crippen LogP contribution in [-0.4, -0.2) is 51.3 Å². The van der Waals surface area contributed by atoms with Gasteiger partial charge in [0.15, 0.2) is 5.82 Å². The predicted octanol–water partition coefficient (Wildman–Crippen LogP) is 5.87. The van der Waals surface area contributed by atoms with Crippen molar-refractivity contribution < 1.29 is 14.3 Å². The SMILES string of the molecule is CCOc1cc(C(C)N(CCCCc2ccccc2)C(=O)NC2(c3nn[nH]n3)CCCC2)cc(OCC)c1C. The van der Waals surface area contributed by atoms with Crippen LogP contribution in [0.4, 0.5) is 4.79 Å². The lowest BCUT2D eigenvalue weighted by Gasteiger charge is -2.35. The number of aromatic amines is 1. The van der Waals surface area contributed by atoms with Gasteiger partial charge in [-0.15, -0.1) is 10.2 Å². The van der Waals surface area contributed by atoms with Crippen LogP contribution in [0, 0.1) is 6.92 Å². The summed E-state index contributed by atoms with van der Waals surface area (Å²) < 4.78 is 11.9. The fraction of sp³-hybridized carbons (Fsp3) is 0.533. The average molecular weight is 535 g/mol. The molecule has 1 aromatic heterocycles. The van der Waals surface area contributed by atoms with Crippen LogP contribution in [0.1, 0.15) is 87.9 Å². The van der Waals surface area contributed by atoms with Crippen LogP contribution in [0.3, 0.4) is 0 Å². The molecule has 1 saturated carbocycles. The topological polar surface area (TPSA) is 105 Å². The molecule has 4 rings (SSSR count). The number of carbonyl (C=O) groups is 1. The highest BCUT2D eigenvalue weighted by Crippen LogP contribution is 2.38. The van der Waals surface area contributed by atoms with Crippen LogP contribution >= 0.6 is 0 Å². The van der Waals surface area contributed by atoms with Gasteiger partial charge in [0.05, 0.1) is 19.3 Å². The van der Waals surface area contributed by atoms with E-state index >= 15 is 0 Å². The van der Waals surface area contributed by atoms with Gasteiger partial charge < -0.3 is 19.7 Å². The molecule has 39 heavy (non-hydrogen) atoms. The number of amides is 2. The minimum Gasteiger partial charge on any atom is -0.493 e. The third-order valence-corrected chi connectivity index (χ3v) is 7.68. The zero-order valence-corrected chi connectivity index (χ0v) is 23.7. The first-order valence-corrected chi connectivity index (χ1v) is 14.2. The summed E-state index contributed by atoms with van der Waals surface area (Å²) in [4.78, 5) is 16.0. The number of nitrogens with one attached hydrogen (secondary N) is 2. The Bertz CT molecular complexity index is 1150. The number of urea groups is 1. The molecule has 0 radical (unpaired) electrons. The molecule has 210 valence electrons. The molecule has 1 unspecified atom stereocenters. The normalized spacial score (nSPS) is 15.1. The molecule has 0 spiro atoms. The third kappa shape index (κ3) is 6.88. The summed E-state index contributed by atoms with van der Waals surface area (Å²) in [5, 5.41) is 18.2. The van der Waals surface area contributed by atoms with E-state index in [2.05, 4.69) is 57.1 Å². The van der Waals surface area contributed by atoms with Gasteiger partial charge in [0.2, 0.25) is 0 Å². The fourth-order valence-electron chi connectivity index (χ4n) is 5.47. The number of unbranched alkanes of at least 4 members (excludes halogenated alkanes) is 1. The highest BCUT2D eigenvalue weighted by atomic mass is 16.5. The van der Waals surface area contributed by atoms with Crippen molar-refractivity contribution in [2.75, 3.05) is 19.8 Å². The molecule has 2 N–H and O–H groups in total. The Morgan fingerprint density at radius 1 is 1.08 bits per heavy atom. The van der Waals surface area contributed by atoms with Crippen LogP contribution in [0.2, 0.25) is 0 Å². The third-order valence-electron chi connectivity index (χ3n) is 7.68. The maximum atomic E-state index is 14.0. The first kappa shape index (κ1) is 28.4. The zero-order valence-electron chi connectivity index (χ0n) is 23.7. The summed E-state index contributed by atoms with van der Waals surface area (Å²) >= 11 is 0. The summed E-state index contributed by atoms with van der Waals surface area (Å²) in [5.74, 6) is 2.13. The van der Waals surface area contributed by atoms with E-state index in [0.29, 0.717) is 25.6 Å². The standard InChI is InChI=1S/C30H42N6O3/c1-5-38-26-20-25(21-27(22(26)3)39-6-2)23(4)36(19-13-10-16-24-14-8-7-9-15-24)29(37)31-30(17-11-12-18-30)28-32-34-35-33-28/h7-9,14-15,20-21,23H,5-6,10-13,16-19H2,1-4H3,(H,31,37)(H,32,33,34,35). The van der Waals surface area contributed by atoms with E-state index in [1.807, 2.05) is 43.9 Å². The van der Waals surface area contributed by atoms with Crippen molar-refractivity contribution in [3.05, 3.63) is 65.0 Å². The van der Waals surface area contributed by atoms with Gasteiger partial charge >= 0.3 is 6.03 Å². The van der Waals surface area contributed by atoms with E-state index < -0.39 is 5.54 Å². The molecule has 9 nitrogen and oxygen atoms in total. The Balaban J connectivity index is 1.58. The molecule has 2 aromatic carbocycles. The van der Waals surface area contributed by atoms with Crippen molar-refractivity contribution in [1.29, 1.82) is 0 Å². The second kappa shape index (κ2) is 13.4. The van der Waals surface area contributed by atoms with Crippen molar-refractivity contribution >= 4 is 6.03 Å². The number of rotatable bonds is 13. The minimum atomic E-state index is -0.605. The number of ether oxygens (including phenoxy) is 2. The number of nitrogens with zero attached hydrogens (tertiary/aromatic N) is 4. The molecule has 1 aliphatic rings. The van der Waals surface area contributed by atoms with Gasteiger partial charge in [-0.3, -0.25) is 0 Å². The largest absolute Gasteiger partial charge is 0.493 e. The number of aromatic nitrogens is 4. The van der Waals surface area contributed by atoms with Crippen LogP contribution < -0.4 is 14.8 Å². The Morgan fingerprint density at radius 3 is 2.33 bits per heavy atom. The van der Waals surface area contributed by atoms with Crippen molar-refractivity contribution in [1.82, 2.24) is 30.8 Å². The van der Waals surface area contributed by atoms with Gasteiger partial charge in [-0.2, -0.15) is 5.21 Å². The van der Waals surface area contributed by atoms with E-state index in [9.17, 15) is 4.79 Å². The molecule has 1 heterocycles. The Morgan fingerprint density at radius 2 is 1.74 bits per heavy atom. The molecule has 1 aliphatic carbocycles. The molecule has 0 aliphatic heterocycles.